The van der Waals surface area contributed by atoms with Crippen LogP contribution in [0.3, 0.4) is 0 Å². The van der Waals surface area contributed by atoms with Crippen LogP contribution in [0.5, 0.6) is 0 Å². The molecule has 2 aromatic heterocycles. The highest BCUT2D eigenvalue weighted by Crippen LogP contribution is 2.48. The summed E-state index contributed by atoms with van der Waals surface area (Å²) in [5.41, 5.74) is 8.74. The van der Waals surface area contributed by atoms with E-state index in [0.29, 0.717) is 11.3 Å². The summed E-state index contributed by atoms with van der Waals surface area (Å²) in [5.74, 6) is -0.0529. The number of pyridine rings is 1. The van der Waals surface area contributed by atoms with Crippen molar-refractivity contribution < 1.29 is 4.79 Å². The highest BCUT2D eigenvalue weighted by Gasteiger charge is 2.43. The third kappa shape index (κ3) is 3.66. The molecule has 1 aliphatic heterocycles. The van der Waals surface area contributed by atoms with E-state index in [1.807, 2.05) is 108 Å². The highest BCUT2D eigenvalue weighted by molar-refractivity contribution is 6.18. The van der Waals surface area contributed by atoms with Crippen LogP contribution in [0.4, 0.5) is 5.69 Å². The van der Waals surface area contributed by atoms with Crippen molar-refractivity contribution in [2.24, 2.45) is 0 Å². The first-order valence-corrected chi connectivity index (χ1v) is 13.1. The van der Waals surface area contributed by atoms with Crippen molar-refractivity contribution in [3.8, 4) is 16.9 Å². The Morgan fingerprint density at radius 1 is 0.692 bits per heavy atom. The van der Waals surface area contributed by atoms with Gasteiger partial charge in [-0.15, -0.1) is 0 Å². The molecular formula is C34H26N4O. The minimum atomic E-state index is -0.323. The predicted octanol–water partition coefficient (Wildman–Crippen LogP) is 7.45. The fraction of sp³-hybridized carbons (Fsp3) is 0.0882. The summed E-state index contributed by atoms with van der Waals surface area (Å²) in [7, 11) is 0. The number of fused-ring (bicyclic) bond motifs is 3. The lowest BCUT2D eigenvalue weighted by molar-refractivity contribution is 0.0994. The number of para-hydroxylation sites is 1. The molecule has 3 heterocycles. The van der Waals surface area contributed by atoms with E-state index < -0.39 is 0 Å². The molecule has 0 saturated heterocycles. The predicted molar refractivity (Wildman–Crippen MR) is 155 cm³/mol. The molecule has 0 saturated carbocycles. The first-order valence-electron chi connectivity index (χ1n) is 13.1. The number of nitrogens with zero attached hydrogens (tertiary/aromatic N) is 4. The van der Waals surface area contributed by atoms with Gasteiger partial charge in [0.1, 0.15) is 0 Å². The molecule has 5 nitrogen and oxygen atoms in total. The third-order valence-corrected chi connectivity index (χ3v) is 7.47. The van der Waals surface area contributed by atoms with Gasteiger partial charge in [-0.2, -0.15) is 5.10 Å². The van der Waals surface area contributed by atoms with Gasteiger partial charge in [0.25, 0.3) is 5.91 Å². The molecule has 0 spiro atoms. The van der Waals surface area contributed by atoms with Crippen LogP contribution in [0, 0.1) is 13.8 Å². The number of amides is 1. The molecule has 1 atom stereocenters. The van der Waals surface area contributed by atoms with E-state index in [1.165, 1.54) is 0 Å². The number of hydrogen-bond acceptors (Lipinski definition) is 3. The Labute approximate surface area is 227 Å². The molecule has 1 unspecified atom stereocenters. The number of anilines is 1. The Morgan fingerprint density at radius 3 is 1.97 bits per heavy atom. The number of carbonyl (C=O) groups excluding carboxylic acids is 1. The normalized spacial score (nSPS) is 14.7. The monoisotopic (exact) mass is 506 g/mol. The third-order valence-electron chi connectivity index (χ3n) is 7.47. The Hall–Kier alpha value is -5.03. The molecule has 0 bridgehead atoms. The molecule has 0 radical (unpaired) electrons. The van der Waals surface area contributed by atoms with Gasteiger partial charge in [0.15, 0.2) is 5.65 Å². The zero-order valence-electron chi connectivity index (χ0n) is 21.7. The van der Waals surface area contributed by atoms with E-state index in [1.54, 1.807) is 0 Å². The van der Waals surface area contributed by atoms with E-state index >= 15 is 0 Å². The number of rotatable bonds is 4. The number of aromatic nitrogens is 3. The van der Waals surface area contributed by atoms with Crippen LogP contribution >= 0.6 is 0 Å². The molecule has 4 aromatic carbocycles. The molecule has 0 N–H and O–H groups in total. The first kappa shape index (κ1) is 23.1. The Morgan fingerprint density at radius 2 is 1.31 bits per heavy atom. The molecule has 1 aliphatic rings. The molecule has 6 aromatic rings. The maximum absolute atomic E-state index is 14.6. The van der Waals surface area contributed by atoms with Crippen molar-refractivity contribution in [2.75, 3.05) is 4.90 Å². The summed E-state index contributed by atoms with van der Waals surface area (Å²) >= 11 is 0. The minimum absolute atomic E-state index is 0.0529. The molecule has 1 amide bonds. The average molecular weight is 507 g/mol. The van der Waals surface area contributed by atoms with Crippen molar-refractivity contribution in [2.45, 2.75) is 19.9 Å². The van der Waals surface area contributed by atoms with Crippen LogP contribution in [-0.4, -0.2) is 20.7 Å². The van der Waals surface area contributed by atoms with E-state index in [2.05, 4.69) is 31.2 Å². The fourth-order valence-corrected chi connectivity index (χ4v) is 5.68. The molecule has 0 fully saturated rings. The summed E-state index contributed by atoms with van der Waals surface area (Å²) in [6, 6.07) is 38.1. The lowest BCUT2D eigenvalue weighted by atomic mass is 9.92. The van der Waals surface area contributed by atoms with Crippen LogP contribution in [0.1, 0.15) is 38.8 Å². The molecule has 7 rings (SSSR count). The fourth-order valence-electron chi connectivity index (χ4n) is 5.68. The molecule has 39 heavy (non-hydrogen) atoms. The zero-order chi connectivity index (χ0) is 26.5. The summed E-state index contributed by atoms with van der Waals surface area (Å²) < 4.78 is 1.90. The maximum Gasteiger partial charge on any atom is 0.261 e. The smallest absolute Gasteiger partial charge is 0.261 e. The van der Waals surface area contributed by atoms with Crippen molar-refractivity contribution in [1.29, 1.82) is 0 Å². The van der Waals surface area contributed by atoms with Gasteiger partial charge in [-0.25, -0.2) is 9.67 Å². The number of hydrogen-bond donors (Lipinski definition) is 0. The lowest BCUT2D eigenvalue weighted by Crippen LogP contribution is -2.28. The van der Waals surface area contributed by atoms with Crippen LogP contribution in [0.25, 0.3) is 28.0 Å². The van der Waals surface area contributed by atoms with Crippen LogP contribution in [0.15, 0.2) is 115 Å². The van der Waals surface area contributed by atoms with Crippen LogP contribution < -0.4 is 4.90 Å². The van der Waals surface area contributed by atoms with Gasteiger partial charge in [0, 0.05) is 22.2 Å². The summed E-state index contributed by atoms with van der Waals surface area (Å²) in [5, 5.41) is 5.88. The Balaban J connectivity index is 1.61. The van der Waals surface area contributed by atoms with Gasteiger partial charge in [-0.1, -0.05) is 96.6 Å². The molecule has 188 valence electrons. The quantitative estimate of drug-likeness (QED) is 0.249. The lowest BCUT2D eigenvalue weighted by Gasteiger charge is -2.26. The zero-order valence-corrected chi connectivity index (χ0v) is 21.7. The van der Waals surface area contributed by atoms with E-state index in [-0.39, 0.29) is 11.9 Å². The topological polar surface area (TPSA) is 51.0 Å². The summed E-state index contributed by atoms with van der Waals surface area (Å²) in [4.78, 5) is 21.7. The summed E-state index contributed by atoms with van der Waals surface area (Å²) in [6.07, 6.45) is 0. The molecular weight excluding hydrogens is 480 g/mol. The van der Waals surface area contributed by atoms with Gasteiger partial charge in [-0.05, 0) is 43.7 Å². The van der Waals surface area contributed by atoms with E-state index in [0.717, 1.165) is 50.4 Å². The van der Waals surface area contributed by atoms with E-state index in [4.69, 9.17) is 10.1 Å². The molecule has 5 heteroatoms. The van der Waals surface area contributed by atoms with Crippen LogP contribution in [-0.2, 0) is 0 Å². The number of carbonyl (C=O) groups is 1. The number of aryl methyl sites for hydroxylation is 2. The second-order valence-corrected chi connectivity index (χ2v) is 9.97. The van der Waals surface area contributed by atoms with Crippen LogP contribution in [0.2, 0.25) is 0 Å². The van der Waals surface area contributed by atoms with E-state index in [9.17, 15) is 4.79 Å². The van der Waals surface area contributed by atoms with Crippen molar-refractivity contribution in [3.63, 3.8) is 0 Å². The summed E-state index contributed by atoms with van der Waals surface area (Å²) in [6.45, 7) is 4.06. The second-order valence-electron chi connectivity index (χ2n) is 9.97. The SMILES string of the molecule is Cc1ccc(N2C(=O)c3c(-c4ccccc4)nc4c(c(C)nn4-c4ccccc4)c3C2c2ccccc2)cc1. The van der Waals surface area contributed by atoms with Crippen molar-refractivity contribution >= 4 is 22.6 Å². The largest absolute Gasteiger partial charge is 0.297 e. The average Bonchev–Trinajstić information content (AvgIpc) is 3.48. The standard InChI is InChI=1S/C34H26N4O/c1-22-18-20-26(21-19-22)37-32(25-14-8-4-9-15-25)29-28-23(2)36-38(27-16-10-5-11-17-27)33(28)35-31(30(29)34(37)39)24-12-6-3-7-13-24/h3-21,32H,1-2H3. The van der Waals surface area contributed by atoms with Gasteiger partial charge in [0.05, 0.1) is 28.7 Å². The van der Waals surface area contributed by atoms with Crippen molar-refractivity contribution in [1.82, 2.24) is 14.8 Å². The minimum Gasteiger partial charge on any atom is -0.297 e. The molecule has 0 aliphatic carbocycles. The van der Waals surface area contributed by atoms with Gasteiger partial charge < -0.3 is 0 Å². The van der Waals surface area contributed by atoms with Gasteiger partial charge >= 0.3 is 0 Å². The highest BCUT2D eigenvalue weighted by atomic mass is 16.2. The van der Waals surface area contributed by atoms with Gasteiger partial charge in [-0.3, -0.25) is 9.69 Å². The second kappa shape index (κ2) is 9.07. The Bertz CT molecular complexity index is 1830. The van der Waals surface area contributed by atoms with Gasteiger partial charge in [0.2, 0.25) is 0 Å². The Kier molecular flexibility index (Phi) is 5.37. The van der Waals surface area contributed by atoms with Crippen molar-refractivity contribution in [3.05, 3.63) is 143 Å². The first-order chi connectivity index (χ1) is 19.1. The maximum atomic E-state index is 14.6. The number of benzene rings is 4.